The summed E-state index contributed by atoms with van der Waals surface area (Å²) < 4.78 is 17.2. The van der Waals surface area contributed by atoms with Crippen LogP contribution in [0.15, 0.2) is 30.6 Å². The predicted octanol–water partition coefficient (Wildman–Crippen LogP) is 3.53. The number of aromatic nitrogens is 2. The molecule has 1 aromatic heterocycles. The minimum atomic E-state index is 0.125. The lowest BCUT2D eigenvalue weighted by atomic mass is 10.1. The van der Waals surface area contributed by atoms with Gasteiger partial charge in [-0.2, -0.15) is 0 Å². The highest BCUT2D eigenvalue weighted by Crippen LogP contribution is 2.38. The zero-order valence-electron chi connectivity index (χ0n) is 17.3. The fourth-order valence-electron chi connectivity index (χ4n) is 4.11. The van der Waals surface area contributed by atoms with Crippen LogP contribution in [0.2, 0.25) is 0 Å². The van der Waals surface area contributed by atoms with Gasteiger partial charge in [-0.05, 0) is 31.4 Å². The van der Waals surface area contributed by atoms with E-state index in [1.807, 2.05) is 18.2 Å². The molecule has 2 fully saturated rings. The van der Waals surface area contributed by atoms with E-state index in [-0.39, 0.29) is 6.10 Å². The number of para-hydroxylation sites is 1. The Hall–Kier alpha value is -2.70. The van der Waals surface area contributed by atoms with Gasteiger partial charge in [-0.15, -0.1) is 0 Å². The van der Waals surface area contributed by atoms with Crippen LogP contribution in [-0.4, -0.2) is 56.5 Å². The van der Waals surface area contributed by atoms with E-state index in [0.717, 1.165) is 50.7 Å². The maximum Gasteiger partial charge on any atom is 0.203 e. The Kier molecular flexibility index (Phi) is 6.22. The molecule has 2 aromatic rings. The van der Waals surface area contributed by atoms with E-state index >= 15 is 0 Å². The third kappa shape index (κ3) is 4.49. The Morgan fingerprint density at radius 1 is 0.828 bits per heavy atom. The van der Waals surface area contributed by atoms with Gasteiger partial charge in [0.05, 0.1) is 14.2 Å². The minimum Gasteiger partial charge on any atom is -0.493 e. The van der Waals surface area contributed by atoms with Crippen molar-refractivity contribution in [2.24, 2.45) is 0 Å². The fourth-order valence-corrected chi connectivity index (χ4v) is 4.11. The van der Waals surface area contributed by atoms with Crippen molar-refractivity contribution in [3.8, 4) is 17.2 Å². The molecule has 0 bridgehead atoms. The molecule has 0 saturated carbocycles. The molecular weight excluding hydrogens is 368 g/mol. The van der Waals surface area contributed by atoms with Gasteiger partial charge in [0.15, 0.2) is 11.5 Å². The van der Waals surface area contributed by atoms with Crippen molar-refractivity contribution in [1.29, 1.82) is 0 Å². The number of piperidine rings is 2. The van der Waals surface area contributed by atoms with Crippen molar-refractivity contribution in [2.45, 2.75) is 38.2 Å². The number of rotatable bonds is 6. The van der Waals surface area contributed by atoms with Crippen molar-refractivity contribution in [3.63, 3.8) is 0 Å². The van der Waals surface area contributed by atoms with Gasteiger partial charge in [0.25, 0.3) is 0 Å². The first-order valence-electron chi connectivity index (χ1n) is 10.5. The quantitative estimate of drug-likeness (QED) is 0.738. The third-order valence-corrected chi connectivity index (χ3v) is 5.75. The molecule has 0 radical (unpaired) electrons. The van der Waals surface area contributed by atoms with E-state index in [0.29, 0.717) is 17.2 Å². The summed E-state index contributed by atoms with van der Waals surface area (Å²) >= 11 is 0. The Balaban J connectivity index is 1.39. The number of anilines is 2. The van der Waals surface area contributed by atoms with E-state index in [9.17, 15) is 0 Å². The topological polar surface area (TPSA) is 60.0 Å². The summed E-state index contributed by atoms with van der Waals surface area (Å²) in [6.07, 6.45) is 7.47. The molecule has 0 aliphatic carbocycles. The van der Waals surface area contributed by atoms with Gasteiger partial charge in [-0.25, -0.2) is 9.97 Å². The molecule has 2 saturated heterocycles. The van der Waals surface area contributed by atoms with Gasteiger partial charge in [0.1, 0.15) is 24.1 Å². The van der Waals surface area contributed by atoms with Gasteiger partial charge in [-0.1, -0.05) is 6.07 Å². The Morgan fingerprint density at radius 3 is 2.00 bits per heavy atom. The molecule has 0 spiro atoms. The Morgan fingerprint density at radius 2 is 1.41 bits per heavy atom. The summed E-state index contributed by atoms with van der Waals surface area (Å²) in [5.41, 5.74) is 0. The molecule has 0 N–H and O–H groups in total. The molecule has 1 aromatic carbocycles. The number of hydrogen-bond acceptors (Lipinski definition) is 7. The number of ether oxygens (including phenoxy) is 3. The molecule has 29 heavy (non-hydrogen) atoms. The summed E-state index contributed by atoms with van der Waals surface area (Å²) in [4.78, 5) is 13.7. The minimum absolute atomic E-state index is 0.125. The number of methoxy groups -OCH3 is 2. The predicted molar refractivity (Wildman–Crippen MR) is 114 cm³/mol. The van der Waals surface area contributed by atoms with E-state index in [1.165, 1.54) is 19.3 Å². The van der Waals surface area contributed by atoms with E-state index in [4.69, 9.17) is 14.2 Å². The standard InChI is InChI=1S/C22H30N4O3/c1-27-18-7-6-8-19(28-2)22(18)29-17-9-13-26(14-10-17)21-15-20(23-16-24-21)25-11-4-3-5-12-25/h6-8,15-17H,3-5,9-14H2,1-2H3. The van der Waals surface area contributed by atoms with Gasteiger partial charge in [-0.3, -0.25) is 0 Å². The van der Waals surface area contributed by atoms with Crippen molar-refractivity contribution in [2.75, 3.05) is 50.2 Å². The van der Waals surface area contributed by atoms with Gasteiger partial charge >= 0.3 is 0 Å². The number of hydrogen-bond donors (Lipinski definition) is 0. The van der Waals surface area contributed by atoms with Crippen molar-refractivity contribution in [1.82, 2.24) is 9.97 Å². The SMILES string of the molecule is COc1cccc(OC)c1OC1CCN(c2cc(N3CCCCC3)ncn2)CC1. The third-order valence-electron chi connectivity index (χ3n) is 5.75. The van der Waals surface area contributed by atoms with Crippen LogP contribution in [0.4, 0.5) is 11.6 Å². The number of nitrogens with zero attached hydrogens (tertiary/aromatic N) is 4. The van der Waals surface area contributed by atoms with Gasteiger partial charge in [0, 0.05) is 45.1 Å². The summed E-state index contributed by atoms with van der Waals surface area (Å²) in [6.45, 7) is 3.98. The summed E-state index contributed by atoms with van der Waals surface area (Å²) in [5, 5.41) is 0. The average Bonchev–Trinajstić information content (AvgIpc) is 2.80. The molecule has 0 amide bonds. The van der Waals surface area contributed by atoms with Crippen molar-refractivity contribution < 1.29 is 14.2 Å². The Labute approximate surface area is 172 Å². The molecule has 7 heteroatoms. The van der Waals surface area contributed by atoms with Crippen LogP contribution < -0.4 is 24.0 Å². The summed E-state index contributed by atoms with van der Waals surface area (Å²) in [5.74, 6) is 4.15. The zero-order valence-corrected chi connectivity index (χ0v) is 17.3. The Bertz CT molecular complexity index is 780. The van der Waals surface area contributed by atoms with E-state index < -0.39 is 0 Å². The van der Waals surface area contributed by atoms with Gasteiger partial charge < -0.3 is 24.0 Å². The average molecular weight is 399 g/mol. The molecule has 7 nitrogen and oxygen atoms in total. The summed E-state index contributed by atoms with van der Waals surface area (Å²) in [6, 6.07) is 7.84. The zero-order chi connectivity index (χ0) is 20.1. The maximum absolute atomic E-state index is 6.28. The van der Waals surface area contributed by atoms with E-state index in [2.05, 4.69) is 25.8 Å². The monoisotopic (exact) mass is 398 g/mol. The maximum atomic E-state index is 6.28. The van der Waals surface area contributed by atoms with Crippen LogP contribution in [-0.2, 0) is 0 Å². The van der Waals surface area contributed by atoms with Crippen LogP contribution >= 0.6 is 0 Å². The molecule has 0 atom stereocenters. The summed E-state index contributed by atoms with van der Waals surface area (Å²) in [7, 11) is 3.30. The van der Waals surface area contributed by atoms with E-state index in [1.54, 1.807) is 20.5 Å². The normalized spacial score (nSPS) is 17.9. The lowest BCUT2D eigenvalue weighted by molar-refractivity contribution is 0.158. The highest BCUT2D eigenvalue weighted by atomic mass is 16.5. The van der Waals surface area contributed by atoms with Crippen molar-refractivity contribution >= 4 is 11.6 Å². The molecular formula is C22H30N4O3. The smallest absolute Gasteiger partial charge is 0.203 e. The van der Waals surface area contributed by atoms with Crippen LogP contribution in [0.1, 0.15) is 32.1 Å². The first-order valence-corrected chi connectivity index (χ1v) is 10.5. The van der Waals surface area contributed by atoms with Gasteiger partial charge in [0.2, 0.25) is 5.75 Å². The highest BCUT2D eigenvalue weighted by molar-refractivity contribution is 5.52. The highest BCUT2D eigenvalue weighted by Gasteiger charge is 2.25. The lowest BCUT2D eigenvalue weighted by Crippen LogP contribution is -2.39. The fraction of sp³-hybridized carbons (Fsp3) is 0.545. The molecule has 2 aliphatic heterocycles. The molecule has 156 valence electrons. The first kappa shape index (κ1) is 19.6. The number of benzene rings is 1. The second-order valence-corrected chi connectivity index (χ2v) is 7.58. The molecule has 2 aliphatic rings. The second kappa shape index (κ2) is 9.20. The van der Waals surface area contributed by atoms with Crippen LogP contribution in [0, 0.1) is 0 Å². The largest absolute Gasteiger partial charge is 0.493 e. The molecule has 3 heterocycles. The van der Waals surface area contributed by atoms with Crippen molar-refractivity contribution in [3.05, 3.63) is 30.6 Å². The molecule has 4 rings (SSSR count). The first-order chi connectivity index (χ1) is 14.3. The van der Waals surface area contributed by atoms with Crippen LogP contribution in [0.25, 0.3) is 0 Å². The second-order valence-electron chi connectivity index (χ2n) is 7.58. The van der Waals surface area contributed by atoms with Crippen LogP contribution in [0.5, 0.6) is 17.2 Å². The van der Waals surface area contributed by atoms with Crippen LogP contribution in [0.3, 0.4) is 0 Å². The molecule has 0 unspecified atom stereocenters. The lowest BCUT2D eigenvalue weighted by Gasteiger charge is -2.34.